The molecule has 2 N–H and O–H groups in total. The third-order valence-electron chi connectivity index (χ3n) is 2.12. The number of hydrogen-bond donors (Lipinski definition) is 2. The van der Waals surface area contributed by atoms with Crippen molar-refractivity contribution in [3.05, 3.63) is 0 Å². The SMILES string of the molecule is OC1CCCCCC(O)C1. The molecule has 2 atom stereocenters. The molecule has 0 amide bonds. The van der Waals surface area contributed by atoms with E-state index in [1.807, 2.05) is 0 Å². The Balaban J connectivity index is 2.25. The minimum Gasteiger partial charge on any atom is -0.393 e. The van der Waals surface area contributed by atoms with Crippen molar-refractivity contribution in [2.75, 3.05) is 0 Å². The van der Waals surface area contributed by atoms with E-state index >= 15 is 0 Å². The molecule has 2 unspecified atom stereocenters. The average molecular weight is 144 g/mol. The zero-order valence-electron chi connectivity index (χ0n) is 6.29. The Morgan fingerprint density at radius 1 is 0.800 bits per heavy atom. The van der Waals surface area contributed by atoms with Crippen molar-refractivity contribution in [3.63, 3.8) is 0 Å². The predicted octanol–water partition coefficient (Wildman–Crippen LogP) is 1.06. The fourth-order valence-corrected chi connectivity index (χ4v) is 1.49. The fraction of sp³-hybridized carbons (Fsp3) is 1.00. The molecule has 60 valence electrons. The minimum absolute atomic E-state index is 0.254. The van der Waals surface area contributed by atoms with Crippen LogP contribution in [0, 0.1) is 0 Å². The second kappa shape index (κ2) is 3.94. The van der Waals surface area contributed by atoms with Crippen molar-refractivity contribution < 1.29 is 10.2 Å². The Morgan fingerprint density at radius 3 is 1.80 bits per heavy atom. The van der Waals surface area contributed by atoms with Gasteiger partial charge in [-0.05, 0) is 19.3 Å². The van der Waals surface area contributed by atoms with Gasteiger partial charge >= 0.3 is 0 Å². The summed E-state index contributed by atoms with van der Waals surface area (Å²) < 4.78 is 0. The number of aliphatic hydroxyl groups excluding tert-OH is 2. The summed E-state index contributed by atoms with van der Waals surface area (Å²) in [7, 11) is 0. The Hall–Kier alpha value is -0.0800. The highest BCUT2D eigenvalue weighted by Gasteiger charge is 2.13. The second-order valence-electron chi connectivity index (χ2n) is 3.18. The maximum atomic E-state index is 9.22. The third kappa shape index (κ3) is 2.67. The van der Waals surface area contributed by atoms with Gasteiger partial charge in [-0.15, -0.1) is 0 Å². The Bertz CT molecular complexity index is 83.3. The highest BCUT2D eigenvalue weighted by molar-refractivity contribution is 4.67. The maximum Gasteiger partial charge on any atom is 0.0564 e. The number of aliphatic hydroxyl groups is 2. The van der Waals surface area contributed by atoms with E-state index in [2.05, 4.69) is 0 Å². The third-order valence-corrected chi connectivity index (χ3v) is 2.12. The summed E-state index contributed by atoms with van der Waals surface area (Å²) in [6.45, 7) is 0. The largest absolute Gasteiger partial charge is 0.393 e. The first-order chi connectivity index (χ1) is 4.79. The Morgan fingerprint density at radius 2 is 1.30 bits per heavy atom. The molecule has 0 heterocycles. The monoisotopic (exact) mass is 144 g/mol. The summed E-state index contributed by atoms with van der Waals surface area (Å²) in [5, 5.41) is 18.4. The molecule has 0 aromatic heterocycles. The minimum atomic E-state index is -0.254. The van der Waals surface area contributed by atoms with Crippen molar-refractivity contribution in [2.45, 2.75) is 50.7 Å². The molecule has 0 aromatic rings. The van der Waals surface area contributed by atoms with Gasteiger partial charge in [-0.2, -0.15) is 0 Å². The summed E-state index contributed by atoms with van der Waals surface area (Å²) in [5.41, 5.74) is 0. The molecule has 2 nitrogen and oxygen atoms in total. The predicted molar refractivity (Wildman–Crippen MR) is 39.7 cm³/mol. The number of rotatable bonds is 0. The summed E-state index contributed by atoms with van der Waals surface area (Å²) in [6, 6.07) is 0. The van der Waals surface area contributed by atoms with Gasteiger partial charge in [0.25, 0.3) is 0 Å². The smallest absolute Gasteiger partial charge is 0.0564 e. The van der Waals surface area contributed by atoms with Crippen LogP contribution in [0.15, 0.2) is 0 Å². The second-order valence-corrected chi connectivity index (χ2v) is 3.18. The van der Waals surface area contributed by atoms with Crippen molar-refractivity contribution in [1.29, 1.82) is 0 Å². The van der Waals surface area contributed by atoms with Gasteiger partial charge in [-0.3, -0.25) is 0 Å². The van der Waals surface area contributed by atoms with Gasteiger partial charge < -0.3 is 10.2 Å². The van der Waals surface area contributed by atoms with Crippen LogP contribution in [-0.4, -0.2) is 22.4 Å². The standard InChI is InChI=1S/C8H16O2/c9-7-4-2-1-3-5-8(10)6-7/h7-10H,1-6H2. The van der Waals surface area contributed by atoms with E-state index in [4.69, 9.17) is 0 Å². The lowest BCUT2D eigenvalue weighted by Crippen LogP contribution is -2.19. The molecule has 0 aromatic carbocycles. The maximum absolute atomic E-state index is 9.22. The van der Waals surface area contributed by atoms with Crippen LogP contribution in [0.1, 0.15) is 38.5 Å². The zero-order valence-corrected chi connectivity index (χ0v) is 6.29. The van der Waals surface area contributed by atoms with Gasteiger partial charge in [0.05, 0.1) is 12.2 Å². The van der Waals surface area contributed by atoms with Crippen molar-refractivity contribution in [3.8, 4) is 0 Å². The molecular formula is C8H16O2. The normalized spacial score (nSPS) is 36.6. The molecule has 0 spiro atoms. The molecular weight excluding hydrogens is 128 g/mol. The van der Waals surface area contributed by atoms with Crippen LogP contribution in [0.5, 0.6) is 0 Å². The molecule has 0 bridgehead atoms. The number of hydrogen-bond acceptors (Lipinski definition) is 2. The molecule has 0 radical (unpaired) electrons. The van der Waals surface area contributed by atoms with Crippen LogP contribution in [0.3, 0.4) is 0 Å². The van der Waals surface area contributed by atoms with Crippen LogP contribution >= 0.6 is 0 Å². The van der Waals surface area contributed by atoms with Crippen molar-refractivity contribution in [1.82, 2.24) is 0 Å². The molecule has 1 fully saturated rings. The molecule has 1 aliphatic rings. The van der Waals surface area contributed by atoms with Crippen molar-refractivity contribution >= 4 is 0 Å². The molecule has 0 aliphatic heterocycles. The lowest BCUT2D eigenvalue weighted by Gasteiger charge is -2.18. The summed E-state index contributed by atoms with van der Waals surface area (Å²) in [4.78, 5) is 0. The molecule has 1 saturated carbocycles. The van der Waals surface area contributed by atoms with Gasteiger partial charge in [0.1, 0.15) is 0 Å². The molecule has 1 rings (SSSR count). The van der Waals surface area contributed by atoms with Crippen LogP contribution in [0.4, 0.5) is 0 Å². The van der Waals surface area contributed by atoms with E-state index in [1.54, 1.807) is 0 Å². The quantitative estimate of drug-likeness (QED) is 0.533. The molecule has 1 aliphatic carbocycles. The van der Waals surface area contributed by atoms with E-state index < -0.39 is 0 Å². The topological polar surface area (TPSA) is 40.5 Å². The zero-order chi connectivity index (χ0) is 7.40. The van der Waals surface area contributed by atoms with E-state index in [0.29, 0.717) is 6.42 Å². The first kappa shape index (κ1) is 8.02. The Kier molecular flexibility index (Phi) is 3.16. The molecule has 2 heteroatoms. The average Bonchev–Trinajstić information content (AvgIpc) is 1.83. The fourth-order valence-electron chi connectivity index (χ4n) is 1.49. The van der Waals surface area contributed by atoms with Crippen LogP contribution < -0.4 is 0 Å². The first-order valence-electron chi connectivity index (χ1n) is 4.15. The summed E-state index contributed by atoms with van der Waals surface area (Å²) >= 11 is 0. The highest BCUT2D eigenvalue weighted by Crippen LogP contribution is 2.17. The lowest BCUT2D eigenvalue weighted by molar-refractivity contribution is 0.0602. The molecule has 0 saturated heterocycles. The summed E-state index contributed by atoms with van der Waals surface area (Å²) in [5.74, 6) is 0. The van der Waals surface area contributed by atoms with Gasteiger partial charge in [0.15, 0.2) is 0 Å². The van der Waals surface area contributed by atoms with E-state index in [0.717, 1.165) is 32.1 Å². The van der Waals surface area contributed by atoms with Crippen molar-refractivity contribution in [2.24, 2.45) is 0 Å². The van der Waals surface area contributed by atoms with Gasteiger partial charge in [0, 0.05) is 0 Å². The van der Waals surface area contributed by atoms with E-state index in [1.165, 1.54) is 0 Å². The summed E-state index contributed by atoms with van der Waals surface area (Å²) in [6.07, 6.45) is 5.22. The van der Waals surface area contributed by atoms with E-state index in [9.17, 15) is 10.2 Å². The Labute approximate surface area is 61.9 Å². The van der Waals surface area contributed by atoms with Crippen LogP contribution in [-0.2, 0) is 0 Å². The van der Waals surface area contributed by atoms with Gasteiger partial charge in [-0.1, -0.05) is 19.3 Å². The van der Waals surface area contributed by atoms with Crippen LogP contribution in [0.25, 0.3) is 0 Å². The lowest BCUT2D eigenvalue weighted by atomic mass is 9.97. The highest BCUT2D eigenvalue weighted by atomic mass is 16.3. The van der Waals surface area contributed by atoms with E-state index in [-0.39, 0.29) is 12.2 Å². The van der Waals surface area contributed by atoms with Gasteiger partial charge in [0.2, 0.25) is 0 Å². The first-order valence-corrected chi connectivity index (χ1v) is 4.15. The van der Waals surface area contributed by atoms with Crippen LogP contribution in [0.2, 0.25) is 0 Å². The van der Waals surface area contributed by atoms with Gasteiger partial charge in [-0.25, -0.2) is 0 Å². The molecule has 10 heavy (non-hydrogen) atoms.